The van der Waals surface area contributed by atoms with Crippen molar-refractivity contribution in [3.05, 3.63) is 57.6 Å². The smallest absolute Gasteiger partial charge is 0.317 e. The fourth-order valence-electron chi connectivity index (χ4n) is 3.81. The van der Waals surface area contributed by atoms with E-state index < -0.39 is 5.97 Å². The lowest BCUT2D eigenvalue weighted by Gasteiger charge is -2.30. The third-order valence-electron chi connectivity index (χ3n) is 5.69. The van der Waals surface area contributed by atoms with E-state index in [0.717, 1.165) is 31.5 Å². The van der Waals surface area contributed by atoms with Gasteiger partial charge in [-0.05, 0) is 67.7 Å². The highest BCUT2D eigenvalue weighted by Gasteiger charge is 2.21. The lowest BCUT2D eigenvalue weighted by atomic mass is 9.96. The topological polar surface area (TPSA) is 88.1 Å². The average molecular weight is 495 g/mol. The van der Waals surface area contributed by atoms with Crippen LogP contribution in [-0.4, -0.2) is 61.8 Å². The van der Waals surface area contributed by atoms with Crippen molar-refractivity contribution in [1.29, 1.82) is 0 Å². The lowest BCUT2D eigenvalue weighted by Crippen LogP contribution is -2.40. The van der Waals surface area contributed by atoms with Crippen LogP contribution in [0.4, 0.5) is 0 Å². The van der Waals surface area contributed by atoms with Crippen LogP contribution in [-0.2, 0) is 11.2 Å². The van der Waals surface area contributed by atoms with E-state index in [1.165, 1.54) is 0 Å². The van der Waals surface area contributed by atoms with E-state index in [1.54, 1.807) is 37.4 Å². The van der Waals surface area contributed by atoms with Crippen molar-refractivity contribution in [3.63, 3.8) is 0 Å². The molecule has 3 rings (SSSR count). The lowest BCUT2D eigenvalue weighted by molar-refractivity contribution is -0.138. The number of carboxylic acids is 1. The van der Waals surface area contributed by atoms with Gasteiger partial charge in [0.05, 0.1) is 20.3 Å². The second-order valence-electron chi connectivity index (χ2n) is 8.02. The molecule has 0 bridgehead atoms. The van der Waals surface area contributed by atoms with Gasteiger partial charge in [-0.2, -0.15) is 0 Å². The van der Waals surface area contributed by atoms with Gasteiger partial charge in [0.2, 0.25) is 0 Å². The Morgan fingerprint density at radius 2 is 1.88 bits per heavy atom. The summed E-state index contributed by atoms with van der Waals surface area (Å²) in [6, 6.07) is 10.4. The first-order valence-corrected chi connectivity index (χ1v) is 11.6. The number of halogens is 2. The second kappa shape index (κ2) is 12.1. The number of methoxy groups -OCH3 is 1. The molecule has 7 nitrogen and oxygen atoms in total. The summed E-state index contributed by atoms with van der Waals surface area (Å²) in [7, 11) is 1.55. The molecule has 1 heterocycles. The zero-order chi connectivity index (χ0) is 23.8. The monoisotopic (exact) mass is 494 g/mol. The van der Waals surface area contributed by atoms with Gasteiger partial charge in [-0.1, -0.05) is 29.3 Å². The molecule has 0 aromatic heterocycles. The molecule has 0 saturated carbocycles. The summed E-state index contributed by atoms with van der Waals surface area (Å²) >= 11 is 12.2. The molecular formula is C24H28Cl2N2O5. The minimum Gasteiger partial charge on any atom is -0.493 e. The van der Waals surface area contributed by atoms with Gasteiger partial charge in [0.15, 0.2) is 11.5 Å². The van der Waals surface area contributed by atoms with E-state index in [9.17, 15) is 9.59 Å². The molecule has 1 amide bonds. The maximum Gasteiger partial charge on any atom is 0.317 e. The first-order valence-electron chi connectivity index (χ1n) is 10.8. The maximum atomic E-state index is 12.7. The van der Waals surface area contributed by atoms with E-state index in [0.29, 0.717) is 52.6 Å². The third-order valence-corrected chi connectivity index (χ3v) is 6.27. The number of piperidine rings is 1. The fraction of sp³-hybridized carbons (Fsp3) is 0.417. The Bertz CT molecular complexity index is 977. The average Bonchev–Trinajstić information content (AvgIpc) is 2.79. The van der Waals surface area contributed by atoms with Crippen molar-refractivity contribution in [1.82, 2.24) is 10.2 Å². The number of carboxylic acid groups (broad SMARTS) is 1. The van der Waals surface area contributed by atoms with Crippen molar-refractivity contribution < 1.29 is 24.2 Å². The Morgan fingerprint density at radius 1 is 1.12 bits per heavy atom. The summed E-state index contributed by atoms with van der Waals surface area (Å²) in [5.74, 6) is 0.362. The highest BCUT2D eigenvalue weighted by molar-refractivity contribution is 6.35. The van der Waals surface area contributed by atoms with Crippen molar-refractivity contribution in [3.8, 4) is 11.5 Å². The number of benzene rings is 2. The standard InChI is InChI=1S/C24H28Cl2N2O5/c1-32-21-5-3-18(12-22(21)33-11-8-17-2-4-19(25)13-20(17)26)24(31)27-14-16-6-9-28(10-7-16)15-23(29)30/h2-5,12-13,16H,6-11,14-15H2,1H3,(H,27,31)(H,29,30). The van der Waals surface area contributed by atoms with Gasteiger partial charge in [0.1, 0.15) is 0 Å². The Balaban J connectivity index is 1.52. The molecule has 33 heavy (non-hydrogen) atoms. The third kappa shape index (κ3) is 7.52. The van der Waals surface area contributed by atoms with E-state index in [1.807, 2.05) is 11.0 Å². The number of hydrogen-bond donors (Lipinski definition) is 2. The number of ether oxygens (including phenoxy) is 2. The summed E-state index contributed by atoms with van der Waals surface area (Å²) in [5.41, 5.74) is 1.40. The van der Waals surface area contributed by atoms with Crippen molar-refractivity contribution in [2.75, 3.05) is 39.9 Å². The first kappa shape index (κ1) is 25.1. The molecule has 1 aliphatic heterocycles. The molecule has 0 radical (unpaired) electrons. The minimum absolute atomic E-state index is 0.0674. The van der Waals surface area contributed by atoms with Gasteiger partial charge >= 0.3 is 5.97 Å². The SMILES string of the molecule is COc1ccc(C(=O)NCC2CCN(CC(=O)O)CC2)cc1OCCc1ccc(Cl)cc1Cl. The van der Waals surface area contributed by atoms with Crippen LogP contribution in [0.3, 0.4) is 0 Å². The number of nitrogens with zero attached hydrogens (tertiary/aromatic N) is 1. The van der Waals surface area contributed by atoms with Crippen molar-refractivity contribution >= 4 is 35.1 Å². The zero-order valence-electron chi connectivity index (χ0n) is 18.5. The number of nitrogens with one attached hydrogen (secondary N) is 1. The van der Waals surface area contributed by atoms with Crippen LogP contribution >= 0.6 is 23.2 Å². The fourth-order valence-corrected chi connectivity index (χ4v) is 4.31. The molecule has 2 aromatic carbocycles. The van der Waals surface area contributed by atoms with Gasteiger partial charge in [-0.15, -0.1) is 0 Å². The van der Waals surface area contributed by atoms with Gasteiger partial charge in [0.25, 0.3) is 5.91 Å². The minimum atomic E-state index is -0.810. The molecule has 0 spiro atoms. The number of aliphatic carboxylic acids is 1. The molecule has 1 fully saturated rings. The Labute approximate surface area is 203 Å². The summed E-state index contributed by atoms with van der Waals surface area (Å²) in [5, 5.41) is 13.0. The number of rotatable bonds is 10. The molecule has 2 aromatic rings. The number of likely N-dealkylation sites (tertiary alicyclic amines) is 1. The first-order chi connectivity index (χ1) is 15.9. The largest absolute Gasteiger partial charge is 0.493 e. The molecule has 0 atom stereocenters. The highest BCUT2D eigenvalue weighted by Crippen LogP contribution is 2.29. The van der Waals surface area contributed by atoms with Crippen LogP contribution in [0, 0.1) is 5.92 Å². The Morgan fingerprint density at radius 3 is 2.55 bits per heavy atom. The van der Waals surface area contributed by atoms with E-state index in [4.69, 9.17) is 37.8 Å². The van der Waals surface area contributed by atoms with Crippen LogP contribution in [0.1, 0.15) is 28.8 Å². The summed E-state index contributed by atoms with van der Waals surface area (Å²) in [6.07, 6.45) is 2.30. The Kier molecular flexibility index (Phi) is 9.23. The maximum absolute atomic E-state index is 12.7. The predicted molar refractivity (Wildman–Crippen MR) is 128 cm³/mol. The van der Waals surface area contributed by atoms with Crippen LogP contribution < -0.4 is 14.8 Å². The second-order valence-corrected chi connectivity index (χ2v) is 8.87. The predicted octanol–water partition coefficient (Wildman–Crippen LogP) is 4.15. The van der Waals surface area contributed by atoms with Gasteiger partial charge < -0.3 is 19.9 Å². The molecular weight excluding hydrogens is 467 g/mol. The number of amides is 1. The molecule has 1 aliphatic rings. The van der Waals surface area contributed by atoms with Gasteiger partial charge in [0, 0.05) is 28.6 Å². The van der Waals surface area contributed by atoms with E-state index in [-0.39, 0.29) is 12.5 Å². The molecule has 0 aliphatic carbocycles. The molecule has 1 saturated heterocycles. The van der Waals surface area contributed by atoms with Crippen molar-refractivity contribution in [2.24, 2.45) is 5.92 Å². The number of carbonyl (C=O) groups is 2. The number of hydrogen-bond acceptors (Lipinski definition) is 5. The van der Waals surface area contributed by atoms with Gasteiger partial charge in [-0.25, -0.2) is 0 Å². The van der Waals surface area contributed by atoms with Crippen LogP contribution in [0.2, 0.25) is 10.0 Å². The van der Waals surface area contributed by atoms with E-state index in [2.05, 4.69) is 5.32 Å². The van der Waals surface area contributed by atoms with Crippen LogP contribution in [0.25, 0.3) is 0 Å². The van der Waals surface area contributed by atoms with Crippen molar-refractivity contribution in [2.45, 2.75) is 19.3 Å². The molecule has 2 N–H and O–H groups in total. The Hall–Kier alpha value is -2.48. The quantitative estimate of drug-likeness (QED) is 0.515. The van der Waals surface area contributed by atoms with Gasteiger partial charge in [-0.3, -0.25) is 14.5 Å². The molecule has 178 valence electrons. The zero-order valence-corrected chi connectivity index (χ0v) is 20.0. The molecule has 0 unspecified atom stereocenters. The van der Waals surface area contributed by atoms with Crippen LogP contribution in [0.5, 0.6) is 11.5 Å². The summed E-state index contributed by atoms with van der Waals surface area (Å²) in [6.45, 7) is 2.43. The highest BCUT2D eigenvalue weighted by atomic mass is 35.5. The number of carbonyl (C=O) groups excluding carboxylic acids is 1. The summed E-state index contributed by atoms with van der Waals surface area (Å²) < 4.78 is 11.3. The van der Waals surface area contributed by atoms with E-state index >= 15 is 0 Å². The summed E-state index contributed by atoms with van der Waals surface area (Å²) in [4.78, 5) is 25.4. The normalized spacial score (nSPS) is 14.6. The van der Waals surface area contributed by atoms with Crippen LogP contribution in [0.15, 0.2) is 36.4 Å². The molecule has 9 heteroatoms.